The van der Waals surface area contributed by atoms with Gasteiger partial charge < -0.3 is 4.74 Å². The maximum absolute atomic E-state index is 13.7. The summed E-state index contributed by atoms with van der Waals surface area (Å²) in [5.41, 5.74) is 4.24. The van der Waals surface area contributed by atoms with Gasteiger partial charge in [-0.05, 0) is 78.5 Å². The zero-order valence-electron chi connectivity index (χ0n) is 19.5. The molecule has 170 valence electrons. The second-order valence-corrected chi connectivity index (χ2v) is 8.97. The molecule has 0 saturated heterocycles. The van der Waals surface area contributed by atoms with Crippen LogP contribution in [-0.2, 0) is 12.8 Å². The molecule has 0 unspecified atom stereocenters. The van der Waals surface area contributed by atoms with Crippen LogP contribution in [0.1, 0.15) is 72.1 Å². The molecule has 3 aromatic rings. The van der Waals surface area contributed by atoms with Crippen molar-refractivity contribution in [2.75, 3.05) is 0 Å². The Kier molecular flexibility index (Phi) is 8.38. The van der Waals surface area contributed by atoms with Crippen molar-refractivity contribution in [2.45, 2.75) is 52.4 Å². The summed E-state index contributed by atoms with van der Waals surface area (Å²) in [5.74, 6) is -0.0217. The zero-order valence-corrected chi connectivity index (χ0v) is 19.5. The Labute approximate surface area is 195 Å². The maximum atomic E-state index is 13.7. The summed E-state index contributed by atoms with van der Waals surface area (Å²) in [4.78, 5) is 12.3. The number of esters is 1. The smallest absolute Gasteiger partial charge is 0.343 e. The van der Waals surface area contributed by atoms with E-state index in [4.69, 9.17) is 10.00 Å². The molecule has 0 saturated carbocycles. The van der Waals surface area contributed by atoms with E-state index in [0.29, 0.717) is 17.4 Å². The first-order chi connectivity index (χ1) is 15.9. The molecule has 0 spiro atoms. The molecule has 0 fully saturated rings. The van der Waals surface area contributed by atoms with E-state index >= 15 is 0 Å². The molecule has 4 heteroatoms. The molecular weight excluding hydrogens is 413 g/mol. The van der Waals surface area contributed by atoms with Crippen molar-refractivity contribution in [1.29, 1.82) is 5.26 Å². The van der Waals surface area contributed by atoms with E-state index in [0.717, 1.165) is 37.3 Å². The average Bonchev–Trinajstić information content (AvgIpc) is 2.79. The fourth-order valence-corrected chi connectivity index (χ4v) is 3.86. The Morgan fingerprint density at radius 1 is 0.970 bits per heavy atom. The number of hydrogen-bond donors (Lipinski definition) is 0. The summed E-state index contributed by atoms with van der Waals surface area (Å²) in [6.45, 7) is 6.74. The predicted molar refractivity (Wildman–Crippen MR) is 129 cm³/mol. The Hall–Kier alpha value is -3.45. The van der Waals surface area contributed by atoms with E-state index in [9.17, 15) is 9.18 Å². The normalized spacial score (nSPS) is 11.8. The monoisotopic (exact) mass is 443 g/mol. The standard InChI is InChI=1S/C29H30FNO2/c1-20(2)17-23-9-11-24(12-10-23)21(3)5-4-6-22-7-13-25(14-8-22)29(32)33-27-16-15-26(19-31)28(30)18-27/h7-16,18,20-21H,4-6,17H2,1-3H3/t21-/m1/s1. The Morgan fingerprint density at radius 3 is 2.24 bits per heavy atom. The second kappa shape index (κ2) is 11.4. The van der Waals surface area contributed by atoms with Crippen LogP contribution in [0.5, 0.6) is 5.75 Å². The third kappa shape index (κ3) is 7.02. The van der Waals surface area contributed by atoms with Crippen molar-refractivity contribution in [1.82, 2.24) is 0 Å². The maximum Gasteiger partial charge on any atom is 0.343 e. The highest BCUT2D eigenvalue weighted by Crippen LogP contribution is 2.23. The first kappa shape index (κ1) is 24.2. The lowest BCUT2D eigenvalue weighted by Gasteiger charge is -2.13. The molecule has 1 atom stereocenters. The summed E-state index contributed by atoms with van der Waals surface area (Å²) in [5, 5.41) is 8.78. The highest BCUT2D eigenvalue weighted by molar-refractivity contribution is 5.91. The average molecular weight is 444 g/mol. The van der Waals surface area contributed by atoms with Gasteiger partial charge in [0.05, 0.1) is 11.1 Å². The van der Waals surface area contributed by atoms with Crippen molar-refractivity contribution in [2.24, 2.45) is 5.92 Å². The van der Waals surface area contributed by atoms with Crippen LogP contribution in [0.15, 0.2) is 66.7 Å². The van der Waals surface area contributed by atoms with E-state index in [1.807, 2.05) is 12.1 Å². The lowest BCUT2D eigenvalue weighted by molar-refractivity contribution is 0.0734. The van der Waals surface area contributed by atoms with E-state index < -0.39 is 11.8 Å². The van der Waals surface area contributed by atoms with Gasteiger partial charge in [0.25, 0.3) is 0 Å². The minimum absolute atomic E-state index is 0.0757. The number of hydrogen-bond acceptors (Lipinski definition) is 3. The lowest BCUT2D eigenvalue weighted by Crippen LogP contribution is -2.08. The van der Waals surface area contributed by atoms with Crippen molar-refractivity contribution in [3.8, 4) is 11.8 Å². The van der Waals surface area contributed by atoms with Crippen LogP contribution in [-0.4, -0.2) is 5.97 Å². The largest absolute Gasteiger partial charge is 0.423 e. The molecular formula is C29H30FNO2. The predicted octanol–water partition coefficient (Wildman–Crippen LogP) is 7.24. The van der Waals surface area contributed by atoms with E-state index in [-0.39, 0.29) is 11.3 Å². The third-order valence-corrected chi connectivity index (χ3v) is 5.76. The minimum Gasteiger partial charge on any atom is -0.423 e. The highest BCUT2D eigenvalue weighted by Gasteiger charge is 2.11. The van der Waals surface area contributed by atoms with Crippen molar-refractivity contribution >= 4 is 5.97 Å². The van der Waals surface area contributed by atoms with Crippen molar-refractivity contribution in [3.63, 3.8) is 0 Å². The van der Waals surface area contributed by atoms with Gasteiger partial charge in [-0.1, -0.05) is 57.2 Å². The fourth-order valence-electron chi connectivity index (χ4n) is 3.86. The van der Waals surface area contributed by atoms with Crippen LogP contribution in [0.4, 0.5) is 4.39 Å². The summed E-state index contributed by atoms with van der Waals surface area (Å²) in [6, 6.07) is 21.8. The van der Waals surface area contributed by atoms with E-state index in [1.54, 1.807) is 18.2 Å². The summed E-state index contributed by atoms with van der Waals surface area (Å²) in [7, 11) is 0. The molecule has 33 heavy (non-hydrogen) atoms. The van der Waals surface area contributed by atoms with Gasteiger partial charge in [-0.25, -0.2) is 9.18 Å². The van der Waals surface area contributed by atoms with E-state index in [1.165, 1.54) is 23.3 Å². The van der Waals surface area contributed by atoms with Gasteiger partial charge in [0, 0.05) is 6.07 Å². The Bertz CT molecular complexity index is 1110. The number of ether oxygens (including phenoxy) is 1. The second-order valence-electron chi connectivity index (χ2n) is 8.97. The number of rotatable bonds is 9. The molecule has 3 nitrogen and oxygen atoms in total. The number of carbonyl (C=O) groups excluding carboxylic acids is 1. The first-order valence-corrected chi connectivity index (χ1v) is 11.5. The van der Waals surface area contributed by atoms with Gasteiger partial charge in [0.15, 0.2) is 0 Å². The molecule has 0 aliphatic rings. The van der Waals surface area contributed by atoms with Crippen LogP contribution in [0, 0.1) is 23.1 Å². The molecule has 3 aromatic carbocycles. The van der Waals surface area contributed by atoms with Gasteiger partial charge in [-0.15, -0.1) is 0 Å². The molecule has 3 rings (SSSR count). The van der Waals surface area contributed by atoms with Gasteiger partial charge >= 0.3 is 5.97 Å². The Morgan fingerprint density at radius 2 is 1.64 bits per heavy atom. The number of carbonyl (C=O) groups is 1. The first-order valence-electron chi connectivity index (χ1n) is 11.5. The van der Waals surface area contributed by atoms with Crippen LogP contribution in [0.2, 0.25) is 0 Å². The van der Waals surface area contributed by atoms with Crippen LogP contribution in [0.3, 0.4) is 0 Å². The number of aryl methyl sites for hydroxylation is 1. The zero-order chi connectivity index (χ0) is 23.8. The van der Waals surface area contributed by atoms with Crippen LogP contribution >= 0.6 is 0 Å². The molecule has 0 N–H and O–H groups in total. The van der Waals surface area contributed by atoms with Crippen molar-refractivity contribution < 1.29 is 13.9 Å². The fraction of sp³-hybridized carbons (Fsp3) is 0.310. The number of nitrogens with zero attached hydrogens (tertiary/aromatic N) is 1. The molecule has 0 aliphatic carbocycles. The van der Waals surface area contributed by atoms with Crippen molar-refractivity contribution in [3.05, 3.63) is 100 Å². The summed E-state index contributed by atoms with van der Waals surface area (Å²) in [6.07, 6.45) is 4.20. The summed E-state index contributed by atoms with van der Waals surface area (Å²) < 4.78 is 18.9. The highest BCUT2D eigenvalue weighted by atomic mass is 19.1. The van der Waals surface area contributed by atoms with Gasteiger partial charge in [0.2, 0.25) is 0 Å². The van der Waals surface area contributed by atoms with Gasteiger partial charge in [-0.3, -0.25) is 0 Å². The molecule has 0 aliphatic heterocycles. The third-order valence-electron chi connectivity index (χ3n) is 5.76. The number of halogens is 1. The Balaban J connectivity index is 1.48. The molecule has 0 bridgehead atoms. The topological polar surface area (TPSA) is 50.1 Å². The van der Waals surface area contributed by atoms with Gasteiger partial charge in [0.1, 0.15) is 17.6 Å². The number of nitriles is 1. The van der Waals surface area contributed by atoms with Gasteiger partial charge in [-0.2, -0.15) is 5.26 Å². The van der Waals surface area contributed by atoms with E-state index in [2.05, 4.69) is 45.0 Å². The summed E-state index contributed by atoms with van der Waals surface area (Å²) >= 11 is 0. The van der Waals surface area contributed by atoms with Crippen LogP contribution in [0.25, 0.3) is 0 Å². The lowest BCUT2D eigenvalue weighted by atomic mass is 9.92. The molecule has 0 amide bonds. The number of benzene rings is 3. The minimum atomic E-state index is -0.709. The molecule has 0 heterocycles. The quantitative estimate of drug-likeness (QED) is 0.259. The molecule has 0 radical (unpaired) electrons. The molecule has 0 aromatic heterocycles. The SMILES string of the molecule is CC(C)Cc1ccc([C@H](C)CCCc2ccc(C(=O)Oc3ccc(C#N)c(F)c3)cc2)cc1. The van der Waals surface area contributed by atoms with Crippen LogP contribution < -0.4 is 4.74 Å².